The monoisotopic (exact) mass is 192 g/mol. The molecule has 0 aliphatic heterocycles. The largest absolute Gasteiger partial charge is 0.294 e. The Balaban J connectivity index is 2.49. The van der Waals surface area contributed by atoms with Crippen molar-refractivity contribution in [1.29, 1.82) is 0 Å². The summed E-state index contributed by atoms with van der Waals surface area (Å²) in [4.78, 5) is 12.2. The third-order valence-corrected chi connectivity index (χ3v) is 4.79. The lowest BCUT2D eigenvalue weighted by Crippen LogP contribution is -2.32. The number of hydrogen-bond donors (Lipinski definition) is 0. The fourth-order valence-corrected chi connectivity index (χ4v) is 3.38. The third kappa shape index (κ3) is 0.884. The number of fused-ring (bicyclic) bond motifs is 2. The molecule has 1 nitrogen and oxygen atoms in total. The van der Waals surface area contributed by atoms with Gasteiger partial charge in [0.15, 0.2) is 5.78 Å². The maximum Gasteiger partial charge on any atom is 0.165 e. The smallest absolute Gasteiger partial charge is 0.165 e. The first kappa shape index (κ1) is 9.95. The standard InChI is InChI=1S/C13H20O/c1-5-6-9-10-7-8-13(4,11(9)14)12(10,2)3/h6,10H,5,7-8H2,1-4H3. The summed E-state index contributed by atoms with van der Waals surface area (Å²) in [6.45, 7) is 8.80. The average Bonchev–Trinajstić information content (AvgIpc) is 2.41. The predicted octanol–water partition coefficient (Wildman–Crippen LogP) is 3.35. The Kier molecular flexibility index (Phi) is 1.93. The molecule has 2 aliphatic rings. The minimum Gasteiger partial charge on any atom is -0.294 e. The van der Waals surface area contributed by atoms with Gasteiger partial charge in [0.2, 0.25) is 0 Å². The van der Waals surface area contributed by atoms with Crippen molar-refractivity contribution < 1.29 is 4.79 Å². The van der Waals surface area contributed by atoms with E-state index in [4.69, 9.17) is 0 Å². The topological polar surface area (TPSA) is 17.1 Å². The minimum atomic E-state index is -0.0708. The van der Waals surface area contributed by atoms with Gasteiger partial charge in [-0.1, -0.05) is 33.8 Å². The summed E-state index contributed by atoms with van der Waals surface area (Å²) in [7, 11) is 0. The number of carbonyl (C=O) groups excluding carboxylic acids is 1. The van der Waals surface area contributed by atoms with Crippen molar-refractivity contribution in [2.75, 3.05) is 0 Å². The van der Waals surface area contributed by atoms with Gasteiger partial charge >= 0.3 is 0 Å². The van der Waals surface area contributed by atoms with Gasteiger partial charge in [0.05, 0.1) is 0 Å². The molecule has 2 atom stereocenters. The van der Waals surface area contributed by atoms with E-state index in [1.54, 1.807) is 0 Å². The van der Waals surface area contributed by atoms with Crippen molar-refractivity contribution in [3.63, 3.8) is 0 Å². The van der Waals surface area contributed by atoms with E-state index in [0.29, 0.717) is 11.7 Å². The van der Waals surface area contributed by atoms with Crippen LogP contribution in [-0.2, 0) is 4.79 Å². The summed E-state index contributed by atoms with van der Waals surface area (Å²) in [5, 5.41) is 0. The second-order valence-electron chi connectivity index (χ2n) is 5.54. The molecule has 0 aromatic heterocycles. The first-order valence-corrected chi connectivity index (χ1v) is 5.70. The average molecular weight is 192 g/mol. The highest BCUT2D eigenvalue weighted by Gasteiger charge is 2.63. The van der Waals surface area contributed by atoms with Gasteiger partial charge in [-0.05, 0) is 36.2 Å². The SMILES string of the molecule is CCC=C1C(=O)C2(C)CCC1C2(C)C. The molecule has 0 N–H and O–H groups in total. The van der Waals surface area contributed by atoms with E-state index in [-0.39, 0.29) is 10.8 Å². The predicted molar refractivity (Wildman–Crippen MR) is 58.0 cm³/mol. The van der Waals surface area contributed by atoms with E-state index in [1.165, 1.54) is 6.42 Å². The number of Topliss-reactive ketones (excluding diaryl/α,β-unsaturated/α-hetero) is 1. The van der Waals surface area contributed by atoms with Crippen LogP contribution in [0.4, 0.5) is 0 Å². The van der Waals surface area contributed by atoms with Gasteiger partial charge < -0.3 is 0 Å². The fraction of sp³-hybridized carbons (Fsp3) is 0.769. The number of hydrogen-bond acceptors (Lipinski definition) is 1. The van der Waals surface area contributed by atoms with Gasteiger partial charge in [0.1, 0.15) is 0 Å². The number of carbonyl (C=O) groups is 1. The minimum absolute atomic E-state index is 0.0708. The van der Waals surface area contributed by atoms with E-state index in [2.05, 4.69) is 33.8 Å². The van der Waals surface area contributed by atoms with Crippen LogP contribution in [0.3, 0.4) is 0 Å². The summed E-state index contributed by atoms with van der Waals surface area (Å²) >= 11 is 0. The van der Waals surface area contributed by atoms with Gasteiger partial charge in [0, 0.05) is 5.41 Å². The van der Waals surface area contributed by atoms with Crippen LogP contribution in [0, 0.1) is 16.7 Å². The van der Waals surface area contributed by atoms with Crippen molar-refractivity contribution in [1.82, 2.24) is 0 Å². The summed E-state index contributed by atoms with van der Waals surface area (Å²) in [5.74, 6) is 0.959. The lowest BCUT2D eigenvalue weighted by atomic mass is 9.70. The van der Waals surface area contributed by atoms with Crippen LogP contribution in [0.1, 0.15) is 47.0 Å². The molecule has 14 heavy (non-hydrogen) atoms. The molecule has 0 heterocycles. The summed E-state index contributed by atoms with van der Waals surface area (Å²) in [5.41, 5.74) is 1.25. The Labute approximate surface area is 86.6 Å². The third-order valence-electron chi connectivity index (χ3n) is 4.79. The van der Waals surface area contributed by atoms with Crippen LogP contribution in [0.15, 0.2) is 11.6 Å². The molecule has 1 heteroatoms. The molecule has 2 saturated carbocycles. The Morgan fingerprint density at radius 1 is 1.43 bits per heavy atom. The van der Waals surface area contributed by atoms with E-state index < -0.39 is 0 Å². The van der Waals surface area contributed by atoms with E-state index in [1.807, 2.05) is 0 Å². The lowest BCUT2D eigenvalue weighted by molar-refractivity contribution is -0.125. The molecule has 0 saturated heterocycles. The van der Waals surface area contributed by atoms with E-state index in [9.17, 15) is 4.79 Å². The van der Waals surface area contributed by atoms with Crippen molar-refractivity contribution in [2.45, 2.75) is 47.0 Å². The zero-order valence-electron chi connectivity index (χ0n) is 9.68. The molecule has 2 fully saturated rings. The molecule has 2 bridgehead atoms. The molecule has 2 rings (SSSR count). The summed E-state index contributed by atoms with van der Waals surface area (Å²) in [6, 6.07) is 0. The Morgan fingerprint density at radius 2 is 2.07 bits per heavy atom. The van der Waals surface area contributed by atoms with Gasteiger partial charge in [-0.3, -0.25) is 4.79 Å². The van der Waals surface area contributed by atoms with E-state index >= 15 is 0 Å². The molecule has 2 unspecified atom stereocenters. The fourth-order valence-electron chi connectivity index (χ4n) is 3.38. The molecule has 0 aromatic carbocycles. The second-order valence-corrected chi connectivity index (χ2v) is 5.54. The molecule has 0 amide bonds. The summed E-state index contributed by atoms with van der Waals surface area (Å²) < 4.78 is 0. The molecular weight excluding hydrogens is 172 g/mol. The van der Waals surface area contributed by atoms with Crippen LogP contribution in [0.5, 0.6) is 0 Å². The summed E-state index contributed by atoms with van der Waals surface area (Å²) in [6.07, 6.45) is 5.44. The molecule has 0 spiro atoms. The van der Waals surface area contributed by atoms with Crippen LogP contribution >= 0.6 is 0 Å². The maximum absolute atomic E-state index is 12.2. The maximum atomic E-state index is 12.2. The highest BCUT2D eigenvalue weighted by molar-refractivity contribution is 6.04. The zero-order valence-corrected chi connectivity index (χ0v) is 9.68. The first-order valence-electron chi connectivity index (χ1n) is 5.70. The first-order chi connectivity index (χ1) is 6.45. The van der Waals surface area contributed by atoms with Crippen molar-refractivity contribution in [2.24, 2.45) is 16.7 Å². The number of rotatable bonds is 1. The number of ketones is 1. The molecule has 78 valence electrons. The van der Waals surface area contributed by atoms with Gasteiger partial charge in [-0.2, -0.15) is 0 Å². The van der Waals surface area contributed by atoms with Crippen molar-refractivity contribution >= 4 is 5.78 Å². The highest BCUT2D eigenvalue weighted by Crippen LogP contribution is 2.65. The molecular formula is C13H20O. The van der Waals surface area contributed by atoms with Crippen LogP contribution in [-0.4, -0.2) is 5.78 Å². The van der Waals surface area contributed by atoms with Crippen LogP contribution < -0.4 is 0 Å². The Bertz CT molecular complexity index is 311. The molecule has 2 aliphatic carbocycles. The number of allylic oxidation sites excluding steroid dienone is 2. The Hall–Kier alpha value is -0.590. The molecule has 0 aromatic rings. The second kappa shape index (κ2) is 2.71. The van der Waals surface area contributed by atoms with Crippen LogP contribution in [0.2, 0.25) is 0 Å². The van der Waals surface area contributed by atoms with Crippen LogP contribution in [0.25, 0.3) is 0 Å². The van der Waals surface area contributed by atoms with Gasteiger partial charge in [0.25, 0.3) is 0 Å². The van der Waals surface area contributed by atoms with Gasteiger partial charge in [-0.15, -0.1) is 0 Å². The van der Waals surface area contributed by atoms with E-state index in [0.717, 1.165) is 18.4 Å². The zero-order chi connectivity index (χ0) is 10.6. The molecule has 0 radical (unpaired) electrons. The normalized spacial score (nSPS) is 42.4. The highest BCUT2D eigenvalue weighted by atomic mass is 16.1. The lowest BCUT2D eigenvalue weighted by Gasteiger charge is -2.31. The quantitative estimate of drug-likeness (QED) is 0.582. The Morgan fingerprint density at radius 3 is 2.50 bits per heavy atom. The van der Waals surface area contributed by atoms with Gasteiger partial charge in [-0.25, -0.2) is 0 Å². The van der Waals surface area contributed by atoms with Crippen molar-refractivity contribution in [3.05, 3.63) is 11.6 Å². The van der Waals surface area contributed by atoms with Crippen molar-refractivity contribution in [3.8, 4) is 0 Å².